The van der Waals surface area contributed by atoms with E-state index in [-0.39, 0.29) is 18.4 Å². The average molecular weight is 510 g/mol. The molecule has 2 aromatic rings. The summed E-state index contributed by atoms with van der Waals surface area (Å²) >= 11 is 9.37. The SMILES string of the molecule is CCCCNC(=O)[C@H](CC)N(Cc1ccc(C)cc1)C(=O)COc1ccc(Cl)cc1Br. The maximum atomic E-state index is 13.2. The first-order valence-corrected chi connectivity index (χ1v) is 11.7. The van der Waals surface area contributed by atoms with Crippen LogP contribution in [0.1, 0.15) is 44.2 Å². The largest absolute Gasteiger partial charge is 0.483 e. The van der Waals surface area contributed by atoms with E-state index in [1.165, 1.54) is 0 Å². The first kappa shape index (κ1) is 25.2. The molecule has 0 saturated carbocycles. The van der Waals surface area contributed by atoms with Crippen molar-refractivity contribution in [2.24, 2.45) is 0 Å². The van der Waals surface area contributed by atoms with Crippen LogP contribution >= 0.6 is 27.5 Å². The molecule has 0 aliphatic heterocycles. The molecule has 0 aliphatic carbocycles. The van der Waals surface area contributed by atoms with Crippen molar-refractivity contribution in [1.82, 2.24) is 10.2 Å². The van der Waals surface area contributed by atoms with Crippen LogP contribution in [0.3, 0.4) is 0 Å². The van der Waals surface area contributed by atoms with Gasteiger partial charge in [0.25, 0.3) is 5.91 Å². The third-order valence-electron chi connectivity index (χ3n) is 4.93. The molecule has 31 heavy (non-hydrogen) atoms. The lowest BCUT2D eigenvalue weighted by molar-refractivity contribution is -0.143. The van der Waals surface area contributed by atoms with Gasteiger partial charge in [0, 0.05) is 18.1 Å². The van der Waals surface area contributed by atoms with E-state index >= 15 is 0 Å². The minimum absolute atomic E-state index is 0.135. The van der Waals surface area contributed by atoms with E-state index < -0.39 is 6.04 Å². The second-order valence-electron chi connectivity index (χ2n) is 7.44. The van der Waals surface area contributed by atoms with Gasteiger partial charge in [-0.25, -0.2) is 0 Å². The second-order valence-corrected chi connectivity index (χ2v) is 8.73. The number of halogens is 2. The van der Waals surface area contributed by atoms with Crippen LogP contribution in [-0.2, 0) is 16.1 Å². The molecule has 0 aromatic heterocycles. The molecule has 5 nitrogen and oxygen atoms in total. The highest BCUT2D eigenvalue weighted by atomic mass is 79.9. The van der Waals surface area contributed by atoms with E-state index in [0.29, 0.717) is 34.8 Å². The van der Waals surface area contributed by atoms with Gasteiger partial charge in [0.2, 0.25) is 5.91 Å². The van der Waals surface area contributed by atoms with Crippen LogP contribution in [0.4, 0.5) is 0 Å². The first-order chi connectivity index (χ1) is 14.8. The third kappa shape index (κ3) is 7.86. The number of ether oxygens (including phenoxy) is 1. The number of amides is 2. The van der Waals surface area contributed by atoms with Gasteiger partial charge in [-0.05, 0) is 59.5 Å². The Morgan fingerprint density at radius 2 is 1.87 bits per heavy atom. The molecule has 0 bridgehead atoms. The third-order valence-corrected chi connectivity index (χ3v) is 5.79. The van der Waals surface area contributed by atoms with Crippen LogP contribution in [-0.4, -0.2) is 35.9 Å². The van der Waals surface area contributed by atoms with Crippen LogP contribution < -0.4 is 10.1 Å². The van der Waals surface area contributed by atoms with Gasteiger partial charge >= 0.3 is 0 Å². The summed E-state index contributed by atoms with van der Waals surface area (Å²) in [5.41, 5.74) is 2.10. The van der Waals surface area contributed by atoms with Crippen LogP contribution in [0.15, 0.2) is 46.9 Å². The van der Waals surface area contributed by atoms with Crippen molar-refractivity contribution in [1.29, 1.82) is 0 Å². The lowest BCUT2D eigenvalue weighted by atomic mass is 10.1. The maximum Gasteiger partial charge on any atom is 0.261 e. The Morgan fingerprint density at radius 1 is 1.16 bits per heavy atom. The average Bonchev–Trinajstić information content (AvgIpc) is 2.74. The van der Waals surface area contributed by atoms with E-state index in [1.807, 2.05) is 38.1 Å². The molecule has 1 N–H and O–H groups in total. The number of nitrogens with zero attached hydrogens (tertiary/aromatic N) is 1. The Kier molecular flexibility index (Phi) is 10.3. The first-order valence-electron chi connectivity index (χ1n) is 10.6. The number of hydrogen-bond acceptors (Lipinski definition) is 3. The van der Waals surface area contributed by atoms with Crippen molar-refractivity contribution in [3.05, 3.63) is 63.1 Å². The summed E-state index contributed by atoms with van der Waals surface area (Å²) in [7, 11) is 0. The molecule has 2 aromatic carbocycles. The number of aryl methyl sites for hydroxylation is 1. The lowest BCUT2D eigenvalue weighted by Crippen LogP contribution is -2.50. The standard InChI is InChI=1S/C24H30BrClN2O3/c1-4-6-13-27-24(30)21(5-2)28(15-18-9-7-17(3)8-10-18)23(29)16-31-22-12-11-19(26)14-20(22)25/h7-12,14,21H,4-6,13,15-16H2,1-3H3,(H,27,30)/t21-/m0/s1. The molecule has 7 heteroatoms. The van der Waals surface area contributed by atoms with Gasteiger partial charge < -0.3 is 15.0 Å². The molecular weight excluding hydrogens is 480 g/mol. The lowest BCUT2D eigenvalue weighted by Gasteiger charge is -2.30. The minimum atomic E-state index is -0.567. The van der Waals surface area contributed by atoms with Crippen molar-refractivity contribution in [2.45, 2.75) is 52.6 Å². The van der Waals surface area contributed by atoms with Gasteiger partial charge in [-0.15, -0.1) is 0 Å². The van der Waals surface area contributed by atoms with Crippen LogP contribution in [0.5, 0.6) is 5.75 Å². The number of rotatable bonds is 11. The minimum Gasteiger partial charge on any atom is -0.483 e. The zero-order valence-electron chi connectivity index (χ0n) is 18.3. The Morgan fingerprint density at radius 3 is 2.48 bits per heavy atom. The molecule has 2 amide bonds. The molecule has 2 rings (SSSR count). The summed E-state index contributed by atoms with van der Waals surface area (Å²) in [5.74, 6) is 0.137. The van der Waals surface area contributed by atoms with Crippen molar-refractivity contribution in [3.63, 3.8) is 0 Å². The topological polar surface area (TPSA) is 58.6 Å². The van der Waals surface area contributed by atoms with E-state index in [9.17, 15) is 9.59 Å². The molecule has 0 aliphatic rings. The highest BCUT2D eigenvalue weighted by molar-refractivity contribution is 9.10. The molecule has 0 unspecified atom stereocenters. The number of carbonyl (C=O) groups is 2. The Balaban J connectivity index is 2.18. The number of carbonyl (C=O) groups excluding carboxylic acids is 2. The summed E-state index contributed by atoms with van der Waals surface area (Å²) in [5, 5.41) is 3.53. The normalized spacial score (nSPS) is 11.6. The molecule has 0 radical (unpaired) electrons. The van der Waals surface area contributed by atoms with Gasteiger partial charge in [0.1, 0.15) is 11.8 Å². The van der Waals surface area contributed by atoms with Gasteiger partial charge in [0.15, 0.2) is 6.61 Å². The summed E-state index contributed by atoms with van der Waals surface area (Å²) in [6, 6.07) is 12.5. The van der Waals surface area contributed by atoms with Crippen LogP contribution in [0.2, 0.25) is 5.02 Å². The number of unbranched alkanes of at least 4 members (excludes halogenated alkanes) is 1. The maximum absolute atomic E-state index is 13.2. The quantitative estimate of drug-likeness (QED) is 0.406. The Labute approximate surface area is 198 Å². The molecule has 1 atom stereocenters. The van der Waals surface area contributed by atoms with Gasteiger partial charge in [-0.3, -0.25) is 9.59 Å². The predicted molar refractivity (Wildman–Crippen MR) is 128 cm³/mol. The zero-order valence-corrected chi connectivity index (χ0v) is 20.6. The fraction of sp³-hybridized carbons (Fsp3) is 0.417. The van der Waals surface area contributed by atoms with Crippen molar-refractivity contribution in [2.75, 3.05) is 13.2 Å². The highest BCUT2D eigenvalue weighted by Gasteiger charge is 2.28. The zero-order chi connectivity index (χ0) is 22.8. The fourth-order valence-corrected chi connectivity index (χ4v) is 3.93. The highest BCUT2D eigenvalue weighted by Crippen LogP contribution is 2.28. The van der Waals surface area contributed by atoms with Gasteiger partial charge in [-0.2, -0.15) is 0 Å². The van der Waals surface area contributed by atoms with Crippen molar-refractivity contribution >= 4 is 39.3 Å². The Hall–Kier alpha value is -2.05. The number of nitrogens with one attached hydrogen (secondary N) is 1. The summed E-state index contributed by atoms with van der Waals surface area (Å²) in [6.07, 6.45) is 2.41. The van der Waals surface area contributed by atoms with E-state index in [1.54, 1.807) is 23.1 Å². The smallest absolute Gasteiger partial charge is 0.261 e. The number of benzene rings is 2. The Bertz CT molecular complexity index is 874. The van der Waals surface area contributed by atoms with E-state index in [2.05, 4.69) is 28.2 Å². The number of hydrogen-bond donors (Lipinski definition) is 1. The molecule has 0 fully saturated rings. The van der Waals surface area contributed by atoms with Gasteiger partial charge in [0.05, 0.1) is 4.47 Å². The van der Waals surface area contributed by atoms with Crippen LogP contribution in [0, 0.1) is 6.92 Å². The summed E-state index contributed by atoms with van der Waals surface area (Å²) in [4.78, 5) is 27.6. The molecule has 0 spiro atoms. The predicted octanol–water partition coefficient (Wildman–Crippen LogP) is 5.51. The summed E-state index contributed by atoms with van der Waals surface area (Å²) in [6.45, 7) is 6.76. The summed E-state index contributed by atoms with van der Waals surface area (Å²) < 4.78 is 6.40. The van der Waals surface area contributed by atoms with Crippen LogP contribution in [0.25, 0.3) is 0 Å². The van der Waals surface area contributed by atoms with Gasteiger partial charge in [-0.1, -0.05) is 61.7 Å². The molecule has 168 valence electrons. The van der Waals surface area contributed by atoms with E-state index in [4.69, 9.17) is 16.3 Å². The molecular formula is C24H30BrClN2O3. The second kappa shape index (κ2) is 12.7. The van der Waals surface area contributed by atoms with E-state index in [0.717, 1.165) is 24.0 Å². The fourth-order valence-electron chi connectivity index (χ4n) is 3.13. The van der Waals surface area contributed by atoms with Crippen molar-refractivity contribution < 1.29 is 14.3 Å². The molecule has 0 heterocycles. The molecule has 0 saturated heterocycles. The van der Waals surface area contributed by atoms with Crippen molar-refractivity contribution in [3.8, 4) is 5.75 Å². The monoisotopic (exact) mass is 508 g/mol.